The van der Waals surface area contributed by atoms with E-state index < -0.39 is 0 Å². The van der Waals surface area contributed by atoms with Gasteiger partial charge in [0.1, 0.15) is 0 Å². The topological polar surface area (TPSA) is 46.2 Å². The Balaban J connectivity index is 1.76. The van der Waals surface area contributed by atoms with Crippen LogP contribution in [0.2, 0.25) is 0 Å². The molecule has 1 aromatic heterocycles. The highest BCUT2D eigenvalue weighted by Gasteiger charge is 2.18. The number of anilines is 1. The van der Waals surface area contributed by atoms with Crippen molar-refractivity contribution in [3.05, 3.63) is 51.2 Å². The summed E-state index contributed by atoms with van der Waals surface area (Å²) in [5.74, 6) is -0.00306. The molecule has 0 radical (unpaired) electrons. The number of carbonyl (C=O) groups excluding carboxylic acids is 2. The van der Waals surface area contributed by atoms with Gasteiger partial charge in [0.05, 0.1) is 4.88 Å². The molecule has 21 heavy (non-hydrogen) atoms. The Kier molecular flexibility index (Phi) is 3.88. The zero-order valence-corrected chi connectivity index (χ0v) is 12.8. The normalized spacial score (nSPS) is 13.0. The lowest BCUT2D eigenvalue weighted by Gasteiger charge is -2.05. The number of amides is 1. The molecule has 1 N–H and O–H groups in total. The fourth-order valence-corrected chi connectivity index (χ4v) is 3.76. The number of thiophene rings is 1. The van der Waals surface area contributed by atoms with Crippen molar-refractivity contribution in [2.75, 3.05) is 5.32 Å². The first-order valence-corrected chi connectivity index (χ1v) is 8.05. The van der Waals surface area contributed by atoms with E-state index >= 15 is 0 Å². The third-order valence-corrected chi connectivity index (χ3v) is 4.97. The predicted octanol–water partition coefficient (Wildman–Crippen LogP) is 4.08. The van der Waals surface area contributed by atoms with Crippen molar-refractivity contribution < 1.29 is 9.59 Å². The predicted molar refractivity (Wildman–Crippen MR) is 85.4 cm³/mol. The first-order chi connectivity index (χ1) is 10.2. The number of fused-ring (bicyclic) bond motifs is 1. The van der Waals surface area contributed by atoms with Crippen molar-refractivity contribution in [1.82, 2.24) is 0 Å². The molecule has 3 nitrogen and oxygen atoms in total. The van der Waals surface area contributed by atoms with Crippen molar-refractivity contribution in [3.8, 4) is 0 Å². The van der Waals surface area contributed by atoms with Crippen LogP contribution in [0.25, 0.3) is 0 Å². The minimum atomic E-state index is -0.0875. The molecule has 108 valence electrons. The standard InChI is InChI=1S/C17H17NO2S/c1-2-14(19)11-5-3-7-13(9-11)18-17(20)16-10-12-6-4-8-15(12)21-16/h3,5,7,9-10H,2,4,6,8H2,1H3,(H,18,20). The second kappa shape index (κ2) is 5.82. The Hall–Kier alpha value is -1.94. The van der Waals surface area contributed by atoms with Gasteiger partial charge in [0, 0.05) is 22.5 Å². The molecule has 1 aromatic carbocycles. The lowest BCUT2D eigenvalue weighted by atomic mass is 10.1. The summed E-state index contributed by atoms with van der Waals surface area (Å²) < 4.78 is 0. The Morgan fingerprint density at radius 2 is 2.10 bits per heavy atom. The number of hydrogen-bond acceptors (Lipinski definition) is 3. The highest BCUT2D eigenvalue weighted by molar-refractivity contribution is 7.14. The Bertz CT molecular complexity index is 681. The minimum Gasteiger partial charge on any atom is -0.321 e. The van der Waals surface area contributed by atoms with Crippen molar-refractivity contribution in [3.63, 3.8) is 0 Å². The maximum atomic E-state index is 12.3. The van der Waals surface area contributed by atoms with E-state index in [1.165, 1.54) is 16.9 Å². The maximum absolute atomic E-state index is 12.3. The van der Waals surface area contributed by atoms with Gasteiger partial charge in [0.15, 0.2) is 5.78 Å². The fourth-order valence-electron chi connectivity index (χ4n) is 2.61. The Labute approximate surface area is 128 Å². The van der Waals surface area contributed by atoms with Crippen LogP contribution in [0.15, 0.2) is 30.3 Å². The number of carbonyl (C=O) groups is 2. The molecule has 1 amide bonds. The Morgan fingerprint density at radius 3 is 2.86 bits per heavy atom. The summed E-state index contributed by atoms with van der Waals surface area (Å²) in [4.78, 5) is 26.1. The zero-order valence-electron chi connectivity index (χ0n) is 11.9. The third kappa shape index (κ3) is 2.90. The van der Waals surface area contributed by atoms with E-state index in [-0.39, 0.29) is 11.7 Å². The summed E-state index contributed by atoms with van der Waals surface area (Å²) in [5, 5.41) is 2.89. The van der Waals surface area contributed by atoms with Crippen molar-refractivity contribution in [1.29, 1.82) is 0 Å². The van der Waals surface area contributed by atoms with Crippen LogP contribution in [0.4, 0.5) is 5.69 Å². The van der Waals surface area contributed by atoms with E-state index in [9.17, 15) is 9.59 Å². The van der Waals surface area contributed by atoms with Gasteiger partial charge in [0.25, 0.3) is 5.91 Å². The van der Waals surface area contributed by atoms with E-state index in [2.05, 4.69) is 5.32 Å². The summed E-state index contributed by atoms with van der Waals surface area (Å²) in [6.07, 6.45) is 3.84. The second-order valence-corrected chi connectivity index (χ2v) is 6.36. The average molecular weight is 299 g/mol. The molecular formula is C17H17NO2S. The van der Waals surface area contributed by atoms with E-state index in [1.54, 1.807) is 29.5 Å². The van der Waals surface area contributed by atoms with Crippen LogP contribution < -0.4 is 5.32 Å². The molecule has 3 rings (SSSR count). The lowest BCUT2D eigenvalue weighted by molar-refractivity contribution is 0.0985. The Morgan fingerprint density at radius 1 is 1.24 bits per heavy atom. The number of Topliss-reactive ketones (excluding diaryl/α,β-unsaturated/α-hetero) is 1. The summed E-state index contributed by atoms with van der Waals surface area (Å²) in [6, 6.07) is 9.13. The quantitative estimate of drug-likeness (QED) is 0.865. The number of aryl methyl sites for hydroxylation is 2. The molecule has 1 aliphatic carbocycles. The largest absolute Gasteiger partial charge is 0.321 e. The SMILES string of the molecule is CCC(=O)c1cccc(NC(=O)c2cc3c(s2)CCC3)c1. The molecule has 0 spiro atoms. The third-order valence-electron chi connectivity index (χ3n) is 3.73. The van der Waals surface area contributed by atoms with E-state index in [4.69, 9.17) is 0 Å². The molecule has 0 atom stereocenters. The molecule has 0 fully saturated rings. The van der Waals surface area contributed by atoms with Gasteiger partial charge in [-0.15, -0.1) is 11.3 Å². The van der Waals surface area contributed by atoms with Gasteiger partial charge in [0.2, 0.25) is 0 Å². The monoisotopic (exact) mass is 299 g/mol. The highest BCUT2D eigenvalue weighted by Crippen LogP contribution is 2.31. The van der Waals surface area contributed by atoms with E-state index in [0.717, 1.165) is 17.7 Å². The van der Waals surface area contributed by atoms with Crippen LogP contribution in [-0.4, -0.2) is 11.7 Å². The van der Waals surface area contributed by atoms with Crippen molar-refractivity contribution in [2.45, 2.75) is 32.6 Å². The van der Waals surface area contributed by atoms with E-state index in [1.807, 2.05) is 19.1 Å². The van der Waals surface area contributed by atoms with Crippen molar-refractivity contribution >= 4 is 28.7 Å². The number of benzene rings is 1. The minimum absolute atomic E-state index is 0.0844. The van der Waals surface area contributed by atoms with E-state index in [0.29, 0.717) is 17.7 Å². The average Bonchev–Trinajstić information content (AvgIpc) is 3.08. The molecule has 4 heteroatoms. The number of rotatable bonds is 4. The summed E-state index contributed by atoms with van der Waals surface area (Å²) in [6.45, 7) is 1.83. The molecule has 1 heterocycles. The molecule has 0 saturated heterocycles. The van der Waals surface area contributed by atoms with Crippen LogP contribution in [0, 0.1) is 0 Å². The van der Waals surface area contributed by atoms with Crippen LogP contribution in [0.5, 0.6) is 0 Å². The molecule has 1 aliphatic rings. The van der Waals surface area contributed by atoms with Crippen LogP contribution in [-0.2, 0) is 12.8 Å². The van der Waals surface area contributed by atoms with Crippen LogP contribution in [0.1, 0.15) is 50.2 Å². The highest BCUT2D eigenvalue weighted by atomic mass is 32.1. The summed E-state index contributed by atoms with van der Waals surface area (Å²) in [7, 11) is 0. The van der Waals surface area contributed by atoms with Gasteiger partial charge in [-0.1, -0.05) is 19.1 Å². The van der Waals surface area contributed by atoms with Crippen LogP contribution in [0.3, 0.4) is 0 Å². The first-order valence-electron chi connectivity index (χ1n) is 7.23. The summed E-state index contributed by atoms with van der Waals surface area (Å²) >= 11 is 1.59. The molecular weight excluding hydrogens is 282 g/mol. The van der Waals surface area contributed by atoms with Gasteiger partial charge < -0.3 is 5.32 Å². The smallest absolute Gasteiger partial charge is 0.265 e. The second-order valence-electron chi connectivity index (χ2n) is 5.22. The molecule has 0 saturated carbocycles. The lowest BCUT2D eigenvalue weighted by Crippen LogP contribution is -2.10. The maximum Gasteiger partial charge on any atom is 0.265 e. The molecule has 0 bridgehead atoms. The van der Waals surface area contributed by atoms with Gasteiger partial charge >= 0.3 is 0 Å². The van der Waals surface area contributed by atoms with Gasteiger partial charge in [-0.2, -0.15) is 0 Å². The molecule has 0 aliphatic heterocycles. The first kappa shape index (κ1) is 14.0. The number of hydrogen-bond donors (Lipinski definition) is 1. The van der Waals surface area contributed by atoms with Gasteiger partial charge in [-0.05, 0) is 43.0 Å². The fraction of sp³-hybridized carbons (Fsp3) is 0.294. The van der Waals surface area contributed by atoms with Gasteiger partial charge in [-0.3, -0.25) is 9.59 Å². The molecule has 2 aromatic rings. The van der Waals surface area contributed by atoms with Gasteiger partial charge in [-0.25, -0.2) is 0 Å². The molecule has 0 unspecified atom stereocenters. The summed E-state index contributed by atoms with van der Waals surface area (Å²) in [5.41, 5.74) is 2.64. The number of ketones is 1. The van der Waals surface area contributed by atoms with Crippen molar-refractivity contribution in [2.24, 2.45) is 0 Å². The van der Waals surface area contributed by atoms with Crippen LogP contribution >= 0.6 is 11.3 Å². The number of nitrogens with one attached hydrogen (secondary N) is 1. The zero-order chi connectivity index (χ0) is 14.8.